The van der Waals surface area contributed by atoms with E-state index in [1.54, 1.807) is 6.07 Å². The van der Waals surface area contributed by atoms with E-state index < -0.39 is 27.8 Å². The van der Waals surface area contributed by atoms with Crippen LogP contribution in [0.4, 0.5) is 8.78 Å². The van der Waals surface area contributed by atoms with Gasteiger partial charge in [0.2, 0.25) is 10.0 Å². The molecule has 0 spiro atoms. The first-order chi connectivity index (χ1) is 10.8. The van der Waals surface area contributed by atoms with Crippen LogP contribution < -0.4 is 4.72 Å². The minimum Gasteiger partial charge on any atom is -0.375 e. The topological polar surface area (TPSA) is 55.4 Å². The maximum atomic E-state index is 13.3. The first kappa shape index (κ1) is 17.5. The highest BCUT2D eigenvalue weighted by Gasteiger charge is 2.20. The first-order valence-corrected chi connectivity index (χ1v) is 8.36. The number of aryl methyl sites for hydroxylation is 1. The first-order valence-electron chi connectivity index (χ1n) is 6.87. The molecular formula is C16H17F2NO3S. The Labute approximate surface area is 134 Å². The minimum atomic E-state index is -3.82. The largest absolute Gasteiger partial charge is 0.375 e. The molecule has 0 aromatic heterocycles. The van der Waals surface area contributed by atoms with E-state index in [1.165, 1.54) is 38.3 Å². The Morgan fingerprint density at radius 1 is 1.13 bits per heavy atom. The van der Waals surface area contributed by atoms with Crippen LogP contribution in [0.2, 0.25) is 0 Å². The van der Waals surface area contributed by atoms with Crippen LogP contribution in [0.3, 0.4) is 0 Å². The average molecular weight is 341 g/mol. The Kier molecular flexibility index (Phi) is 5.46. The number of sulfonamides is 1. The number of ether oxygens (including phenoxy) is 1. The van der Waals surface area contributed by atoms with Crippen molar-refractivity contribution >= 4 is 10.0 Å². The second kappa shape index (κ2) is 7.16. The molecule has 0 fully saturated rings. The van der Waals surface area contributed by atoms with Gasteiger partial charge in [-0.3, -0.25) is 0 Å². The van der Waals surface area contributed by atoms with E-state index in [2.05, 4.69) is 4.72 Å². The molecule has 0 aliphatic heterocycles. The molecule has 7 heteroatoms. The van der Waals surface area contributed by atoms with Gasteiger partial charge in [0.1, 0.15) is 11.6 Å². The number of benzene rings is 2. The molecule has 0 saturated heterocycles. The maximum absolute atomic E-state index is 13.3. The molecule has 0 saturated carbocycles. The third-order valence-electron chi connectivity index (χ3n) is 3.39. The zero-order valence-electron chi connectivity index (χ0n) is 12.7. The van der Waals surface area contributed by atoms with Crippen LogP contribution >= 0.6 is 0 Å². The Hall–Kier alpha value is -1.83. The van der Waals surface area contributed by atoms with Crippen LogP contribution in [-0.4, -0.2) is 22.1 Å². The highest BCUT2D eigenvalue weighted by molar-refractivity contribution is 7.89. The van der Waals surface area contributed by atoms with Gasteiger partial charge in [0.05, 0.1) is 11.0 Å². The summed E-state index contributed by atoms with van der Waals surface area (Å²) in [5, 5.41) is 0. The van der Waals surface area contributed by atoms with Crippen LogP contribution in [0, 0.1) is 18.6 Å². The lowest BCUT2D eigenvalue weighted by molar-refractivity contribution is 0.107. The summed E-state index contributed by atoms with van der Waals surface area (Å²) in [4.78, 5) is -0.00649. The van der Waals surface area contributed by atoms with Gasteiger partial charge in [-0.2, -0.15) is 0 Å². The van der Waals surface area contributed by atoms with E-state index in [9.17, 15) is 17.2 Å². The van der Waals surface area contributed by atoms with Crippen molar-refractivity contribution in [3.8, 4) is 0 Å². The minimum absolute atomic E-state index is 0.00649. The number of hydrogen-bond acceptors (Lipinski definition) is 3. The lowest BCUT2D eigenvalue weighted by Crippen LogP contribution is -2.29. The highest BCUT2D eigenvalue weighted by atomic mass is 32.2. The molecule has 0 bridgehead atoms. The molecule has 1 unspecified atom stereocenters. The van der Waals surface area contributed by atoms with Gasteiger partial charge in [-0.1, -0.05) is 12.1 Å². The second-order valence-electron chi connectivity index (χ2n) is 5.04. The Morgan fingerprint density at radius 2 is 1.83 bits per heavy atom. The standard InChI is InChI=1S/C16H17F2NO3S/c1-11-8-14(18)6-7-16(11)23(20,21)19-10-15(22-2)12-4-3-5-13(17)9-12/h3-9,15,19H,10H2,1-2H3. The molecule has 0 aliphatic carbocycles. The lowest BCUT2D eigenvalue weighted by Gasteiger charge is -2.17. The van der Waals surface area contributed by atoms with Gasteiger partial charge >= 0.3 is 0 Å². The number of hydrogen-bond donors (Lipinski definition) is 1. The molecule has 4 nitrogen and oxygen atoms in total. The van der Waals surface area contributed by atoms with E-state index in [0.29, 0.717) is 11.1 Å². The van der Waals surface area contributed by atoms with E-state index in [4.69, 9.17) is 4.74 Å². The third-order valence-corrected chi connectivity index (χ3v) is 4.97. The molecule has 2 aromatic rings. The summed E-state index contributed by atoms with van der Waals surface area (Å²) in [5.41, 5.74) is 0.822. The fourth-order valence-electron chi connectivity index (χ4n) is 2.22. The summed E-state index contributed by atoms with van der Waals surface area (Å²) in [6.45, 7) is 1.44. The predicted octanol–water partition coefficient (Wildman–Crippen LogP) is 2.94. The van der Waals surface area contributed by atoms with Crippen molar-refractivity contribution in [2.24, 2.45) is 0 Å². The molecule has 0 heterocycles. The van der Waals surface area contributed by atoms with E-state index in [1.807, 2.05) is 0 Å². The van der Waals surface area contributed by atoms with E-state index in [0.717, 1.165) is 12.1 Å². The van der Waals surface area contributed by atoms with E-state index in [-0.39, 0.29) is 11.4 Å². The van der Waals surface area contributed by atoms with Crippen LogP contribution in [0.5, 0.6) is 0 Å². The molecule has 0 radical (unpaired) electrons. The van der Waals surface area contributed by atoms with Crippen LogP contribution in [0.1, 0.15) is 17.2 Å². The normalized spacial score (nSPS) is 13.0. The smallest absolute Gasteiger partial charge is 0.240 e. The molecule has 0 aliphatic rings. The van der Waals surface area contributed by atoms with Gasteiger partial charge in [0.15, 0.2) is 0 Å². The van der Waals surface area contributed by atoms with Gasteiger partial charge in [-0.15, -0.1) is 0 Å². The van der Waals surface area contributed by atoms with Crippen molar-refractivity contribution in [1.29, 1.82) is 0 Å². The van der Waals surface area contributed by atoms with E-state index >= 15 is 0 Å². The van der Waals surface area contributed by atoms with Crippen molar-refractivity contribution in [3.05, 3.63) is 65.2 Å². The van der Waals surface area contributed by atoms with Crippen molar-refractivity contribution in [2.75, 3.05) is 13.7 Å². The van der Waals surface area contributed by atoms with Crippen LogP contribution in [0.15, 0.2) is 47.4 Å². The van der Waals surface area contributed by atoms with Gasteiger partial charge in [0.25, 0.3) is 0 Å². The predicted molar refractivity (Wildman–Crippen MR) is 82.5 cm³/mol. The Bertz CT molecular complexity index is 794. The zero-order chi connectivity index (χ0) is 17.0. The van der Waals surface area contributed by atoms with Crippen LogP contribution in [-0.2, 0) is 14.8 Å². The van der Waals surface area contributed by atoms with Crippen LogP contribution in [0.25, 0.3) is 0 Å². The summed E-state index contributed by atoms with van der Waals surface area (Å²) in [7, 11) is -2.41. The number of rotatable bonds is 6. The van der Waals surface area contributed by atoms with Gasteiger partial charge in [-0.25, -0.2) is 21.9 Å². The average Bonchev–Trinajstić information content (AvgIpc) is 2.47. The van der Waals surface area contributed by atoms with Gasteiger partial charge in [-0.05, 0) is 48.4 Å². The summed E-state index contributed by atoms with van der Waals surface area (Å²) < 4.78 is 58.6. The summed E-state index contributed by atoms with van der Waals surface area (Å²) in [5.74, 6) is -0.933. The van der Waals surface area contributed by atoms with Crippen molar-refractivity contribution in [1.82, 2.24) is 4.72 Å². The number of halogens is 2. The highest BCUT2D eigenvalue weighted by Crippen LogP contribution is 2.19. The Balaban J connectivity index is 2.17. The zero-order valence-corrected chi connectivity index (χ0v) is 13.5. The van der Waals surface area contributed by atoms with Crippen molar-refractivity contribution in [2.45, 2.75) is 17.9 Å². The third kappa shape index (κ3) is 4.34. The molecule has 0 amide bonds. The molecule has 1 atom stereocenters. The van der Waals surface area contributed by atoms with Gasteiger partial charge < -0.3 is 4.74 Å². The molecule has 1 N–H and O–H groups in total. The second-order valence-corrected chi connectivity index (χ2v) is 6.78. The van der Waals surface area contributed by atoms with Crippen molar-refractivity contribution in [3.63, 3.8) is 0 Å². The summed E-state index contributed by atoms with van der Waals surface area (Å²) in [6.07, 6.45) is -0.638. The lowest BCUT2D eigenvalue weighted by atomic mass is 10.1. The monoisotopic (exact) mass is 341 g/mol. The molecule has 2 rings (SSSR count). The molecule has 23 heavy (non-hydrogen) atoms. The molecule has 124 valence electrons. The fraction of sp³-hybridized carbons (Fsp3) is 0.250. The Morgan fingerprint density at radius 3 is 2.43 bits per heavy atom. The number of nitrogens with one attached hydrogen (secondary N) is 1. The SMILES string of the molecule is COC(CNS(=O)(=O)c1ccc(F)cc1C)c1cccc(F)c1. The maximum Gasteiger partial charge on any atom is 0.240 e. The summed E-state index contributed by atoms with van der Waals surface area (Å²) in [6, 6.07) is 9.19. The fourth-order valence-corrected chi connectivity index (χ4v) is 3.48. The van der Waals surface area contributed by atoms with Gasteiger partial charge in [0, 0.05) is 13.7 Å². The quantitative estimate of drug-likeness (QED) is 0.879. The van der Waals surface area contributed by atoms with Crippen molar-refractivity contribution < 1.29 is 21.9 Å². The summed E-state index contributed by atoms with van der Waals surface area (Å²) >= 11 is 0. The number of methoxy groups -OCH3 is 1. The molecule has 2 aromatic carbocycles. The molecular weight excluding hydrogens is 324 g/mol.